The van der Waals surface area contributed by atoms with E-state index < -0.39 is 41.5 Å². The van der Waals surface area contributed by atoms with Gasteiger partial charge in [-0.1, -0.05) is 6.42 Å². The van der Waals surface area contributed by atoms with Gasteiger partial charge in [0.05, 0.1) is 5.92 Å². The van der Waals surface area contributed by atoms with E-state index in [0.29, 0.717) is 36.7 Å². The van der Waals surface area contributed by atoms with Gasteiger partial charge in [0.1, 0.15) is 11.4 Å². The number of carbonyl (C=O) groups excluding carboxylic acids is 3. The Morgan fingerprint density at radius 2 is 1.76 bits per heavy atom. The molecule has 2 heterocycles. The number of imide groups is 1. The fourth-order valence-corrected chi connectivity index (χ4v) is 5.56. The molecule has 1 aliphatic carbocycles. The zero-order valence-electron chi connectivity index (χ0n) is 23.9. The lowest BCUT2D eigenvalue weighted by Gasteiger charge is -2.35. The molecule has 0 bridgehead atoms. The van der Waals surface area contributed by atoms with Crippen LogP contribution >= 0.6 is 0 Å². The molecule has 1 saturated heterocycles. The number of nitrogens with two attached hydrogens (primary N) is 1. The van der Waals surface area contributed by atoms with Gasteiger partial charge in [0.15, 0.2) is 0 Å². The summed E-state index contributed by atoms with van der Waals surface area (Å²) in [7, 11) is 3.85. The molecule has 228 valence electrons. The van der Waals surface area contributed by atoms with E-state index in [1.165, 1.54) is 0 Å². The number of primary amides is 1. The lowest BCUT2D eigenvalue weighted by molar-refractivity contribution is -0.137. The highest BCUT2D eigenvalue weighted by Crippen LogP contribution is 2.37. The Hall–Kier alpha value is -3.94. The molecule has 2 aromatic rings. The van der Waals surface area contributed by atoms with Crippen LogP contribution in [0.25, 0.3) is 0 Å². The Kier molecular flexibility index (Phi) is 9.54. The molecular weight excluding hydrogens is 553 g/mol. The molecule has 2 fully saturated rings. The van der Waals surface area contributed by atoms with Crippen LogP contribution in [0.4, 0.5) is 35.4 Å². The molecule has 1 saturated carbocycles. The van der Waals surface area contributed by atoms with Gasteiger partial charge < -0.3 is 26.2 Å². The molecule has 1 aromatic carbocycles. The van der Waals surface area contributed by atoms with Crippen molar-refractivity contribution in [2.45, 2.75) is 57.3 Å². The van der Waals surface area contributed by atoms with Crippen LogP contribution < -0.4 is 16.4 Å². The number of amides is 4. The average Bonchev–Trinajstić information content (AvgIpc) is 3.41. The average molecular weight is 591 g/mol. The molecule has 0 radical (unpaired) electrons. The number of anilines is 3. The topological polar surface area (TPSA) is 137 Å². The van der Waals surface area contributed by atoms with Crippen molar-refractivity contribution in [2.75, 3.05) is 44.4 Å². The summed E-state index contributed by atoms with van der Waals surface area (Å²) in [6.45, 7) is 3.51. The number of nitrogens with zero attached hydrogens (tertiary/aromatic N) is 5. The molecule has 14 heteroatoms. The number of alkyl halides is 3. The molecule has 0 spiro atoms. The second-order valence-electron chi connectivity index (χ2n) is 10.8. The van der Waals surface area contributed by atoms with Crippen molar-refractivity contribution in [1.82, 2.24) is 24.7 Å². The molecule has 1 aliphatic heterocycles. The van der Waals surface area contributed by atoms with Gasteiger partial charge in [-0.2, -0.15) is 18.2 Å². The molecule has 2 aliphatic rings. The molecule has 4 N–H and O–H groups in total. The third-order valence-electron chi connectivity index (χ3n) is 8.04. The third kappa shape index (κ3) is 7.09. The number of halogens is 3. The van der Waals surface area contributed by atoms with Crippen molar-refractivity contribution in [3.8, 4) is 0 Å². The number of urea groups is 1. The lowest BCUT2D eigenvalue weighted by atomic mass is 10.0. The van der Waals surface area contributed by atoms with E-state index in [0.717, 1.165) is 30.8 Å². The van der Waals surface area contributed by atoms with Crippen LogP contribution in [0.5, 0.6) is 0 Å². The van der Waals surface area contributed by atoms with Gasteiger partial charge in [-0.15, -0.1) is 0 Å². The van der Waals surface area contributed by atoms with E-state index in [2.05, 4.69) is 32.5 Å². The normalized spacial score (nSPS) is 19.8. The Bertz CT molecular complexity index is 1280. The van der Waals surface area contributed by atoms with Crippen molar-refractivity contribution in [2.24, 2.45) is 11.7 Å². The van der Waals surface area contributed by atoms with Gasteiger partial charge in [0.2, 0.25) is 11.9 Å². The summed E-state index contributed by atoms with van der Waals surface area (Å²) >= 11 is 0. The Morgan fingerprint density at radius 3 is 2.36 bits per heavy atom. The summed E-state index contributed by atoms with van der Waals surface area (Å²) < 4.78 is 41.5. The Labute approximate surface area is 242 Å². The smallest absolute Gasteiger partial charge is 0.366 e. The molecule has 2 atom stereocenters. The van der Waals surface area contributed by atoms with Crippen molar-refractivity contribution in [3.63, 3.8) is 0 Å². The van der Waals surface area contributed by atoms with Crippen LogP contribution in [0, 0.1) is 5.92 Å². The van der Waals surface area contributed by atoms with Gasteiger partial charge in [0.25, 0.3) is 5.91 Å². The molecule has 0 unspecified atom stereocenters. The maximum atomic E-state index is 13.8. The predicted octanol–water partition coefficient (Wildman–Crippen LogP) is 3.91. The lowest BCUT2D eigenvalue weighted by Crippen LogP contribution is -2.46. The number of carbonyl (C=O) groups is 3. The number of hydrogen-bond acceptors (Lipinski definition) is 8. The first-order chi connectivity index (χ1) is 19.9. The summed E-state index contributed by atoms with van der Waals surface area (Å²) in [5.41, 5.74) is 5.21. The first-order valence-electron chi connectivity index (χ1n) is 14.0. The standard InChI is InChI=1S/C28H37F3N8O3/c1-4-39(26(32)42)25(41)20-6-5-7-22(20)35-23-21(28(29,30)31)16-33-27(36-23)34-18-10-8-17(9-11-18)24(40)38(3)19-12-14-37(2)15-13-19/h8-11,16,19-20,22H,4-7,12-15H2,1-3H3,(H2,32,42)(H2,33,34,35,36)/t20-,22+/m0/s1. The first-order valence-corrected chi connectivity index (χ1v) is 14.0. The monoisotopic (exact) mass is 590 g/mol. The number of piperidine rings is 1. The number of aromatic nitrogens is 2. The molecule has 1 aromatic heterocycles. The van der Waals surface area contributed by atoms with Gasteiger partial charge >= 0.3 is 12.2 Å². The van der Waals surface area contributed by atoms with Crippen LogP contribution in [0.15, 0.2) is 30.5 Å². The van der Waals surface area contributed by atoms with Gasteiger partial charge in [-0.05, 0) is 77.0 Å². The largest absolute Gasteiger partial charge is 0.421 e. The molecule has 4 amide bonds. The Morgan fingerprint density at radius 1 is 1.10 bits per heavy atom. The SMILES string of the molecule is CCN(C(N)=O)C(=O)[C@H]1CCC[C@H]1Nc1nc(Nc2ccc(C(=O)N(C)C3CCN(C)CC3)cc2)ncc1C(F)(F)F. The number of nitrogens with one attached hydrogen (secondary N) is 2. The summed E-state index contributed by atoms with van der Waals surface area (Å²) in [5.74, 6) is -1.94. The Balaban J connectivity index is 1.49. The fourth-order valence-electron chi connectivity index (χ4n) is 5.56. The minimum absolute atomic E-state index is 0.0611. The van der Waals surface area contributed by atoms with E-state index in [1.54, 1.807) is 43.1 Å². The number of likely N-dealkylation sites (tertiary alicyclic amines) is 1. The van der Waals surface area contributed by atoms with Crippen molar-refractivity contribution >= 4 is 35.3 Å². The van der Waals surface area contributed by atoms with E-state index in [4.69, 9.17) is 5.73 Å². The second-order valence-corrected chi connectivity index (χ2v) is 10.8. The van der Waals surface area contributed by atoms with Crippen LogP contribution in [0.3, 0.4) is 0 Å². The highest BCUT2D eigenvalue weighted by Gasteiger charge is 2.40. The minimum atomic E-state index is -4.75. The minimum Gasteiger partial charge on any atom is -0.366 e. The number of hydrogen-bond donors (Lipinski definition) is 3. The highest BCUT2D eigenvalue weighted by atomic mass is 19.4. The van der Waals surface area contributed by atoms with Crippen molar-refractivity contribution in [1.29, 1.82) is 0 Å². The van der Waals surface area contributed by atoms with Crippen LogP contribution in [-0.2, 0) is 11.0 Å². The quantitative estimate of drug-likeness (QED) is 0.421. The van der Waals surface area contributed by atoms with Gasteiger partial charge in [-0.3, -0.25) is 14.5 Å². The molecule has 11 nitrogen and oxygen atoms in total. The molecule has 42 heavy (non-hydrogen) atoms. The predicted molar refractivity (Wildman–Crippen MR) is 151 cm³/mol. The maximum Gasteiger partial charge on any atom is 0.421 e. The first kappa shape index (κ1) is 31.0. The number of benzene rings is 1. The van der Waals surface area contributed by atoms with Crippen LogP contribution in [0.1, 0.15) is 54.9 Å². The summed E-state index contributed by atoms with van der Waals surface area (Å²) in [6, 6.07) is 5.14. The molecular formula is C28H37F3N8O3. The fraction of sp³-hybridized carbons (Fsp3) is 0.536. The zero-order valence-corrected chi connectivity index (χ0v) is 23.9. The van der Waals surface area contributed by atoms with Gasteiger partial charge in [-0.25, -0.2) is 9.78 Å². The zero-order chi connectivity index (χ0) is 30.6. The summed E-state index contributed by atoms with van der Waals surface area (Å²) in [5, 5.41) is 5.69. The van der Waals surface area contributed by atoms with E-state index >= 15 is 0 Å². The van der Waals surface area contributed by atoms with E-state index in [1.807, 2.05) is 0 Å². The van der Waals surface area contributed by atoms with E-state index in [-0.39, 0.29) is 24.4 Å². The summed E-state index contributed by atoms with van der Waals surface area (Å²) in [4.78, 5) is 50.4. The molecule has 4 rings (SSSR count). The maximum absolute atomic E-state index is 13.8. The van der Waals surface area contributed by atoms with Gasteiger partial charge in [0, 0.05) is 43.1 Å². The van der Waals surface area contributed by atoms with Crippen molar-refractivity contribution < 1.29 is 27.6 Å². The van der Waals surface area contributed by atoms with Crippen molar-refractivity contribution in [3.05, 3.63) is 41.6 Å². The number of rotatable bonds is 8. The van der Waals surface area contributed by atoms with Crippen LogP contribution in [-0.4, -0.2) is 88.3 Å². The highest BCUT2D eigenvalue weighted by molar-refractivity contribution is 5.95. The third-order valence-corrected chi connectivity index (χ3v) is 8.04. The summed E-state index contributed by atoms with van der Waals surface area (Å²) in [6.07, 6.45) is -0.868. The van der Waals surface area contributed by atoms with E-state index in [9.17, 15) is 27.6 Å². The second kappa shape index (κ2) is 12.9. The van der Waals surface area contributed by atoms with Crippen LogP contribution in [0.2, 0.25) is 0 Å².